The van der Waals surface area contributed by atoms with Crippen LogP contribution in [0.4, 0.5) is 0 Å². The number of likely N-dealkylation sites (tertiary alicyclic amines) is 1. The lowest BCUT2D eigenvalue weighted by molar-refractivity contribution is -0.145. The lowest BCUT2D eigenvalue weighted by Crippen LogP contribution is -2.36. The summed E-state index contributed by atoms with van der Waals surface area (Å²) in [5, 5.41) is 0.512. The number of carbonyl (C=O) groups excluding carboxylic acids is 1. The molecule has 1 aromatic heterocycles. The Morgan fingerprint density at radius 2 is 2.08 bits per heavy atom. The van der Waals surface area contributed by atoms with Gasteiger partial charge in [-0.2, -0.15) is 0 Å². The van der Waals surface area contributed by atoms with Crippen LogP contribution < -0.4 is 10.3 Å². The highest BCUT2D eigenvalue weighted by atomic mass is 32.2. The van der Waals surface area contributed by atoms with Gasteiger partial charge in [0.05, 0.1) is 12.0 Å². The van der Waals surface area contributed by atoms with E-state index in [0.29, 0.717) is 23.9 Å². The van der Waals surface area contributed by atoms with Crippen LogP contribution in [0.25, 0.3) is 11.0 Å². The monoisotopic (exact) mass is 366 g/mol. The van der Waals surface area contributed by atoms with E-state index in [1.807, 2.05) is 0 Å². The maximum absolute atomic E-state index is 12.6. The van der Waals surface area contributed by atoms with Gasteiger partial charge in [0.25, 0.3) is 0 Å². The number of nitrogens with zero attached hydrogens (tertiary/aromatic N) is 1. The zero-order valence-electron chi connectivity index (χ0n) is 13.8. The minimum Gasteiger partial charge on any atom is -0.468 e. The number of rotatable bonds is 4. The van der Waals surface area contributed by atoms with Gasteiger partial charge in [0, 0.05) is 24.0 Å². The van der Waals surface area contributed by atoms with E-state index >= 15 is 0 Å². The largest absolute Gasteiger partial charge is 0.468 e. The van der Waals surface area contributed by atoms with Gasteiger partial charge < -0.3 is 9.15 Å². The van der Waals surface area contributed by atoms with Crippen LogP contribution in [0.2, 0.25) is 0 Å². The summed E-state index contributed by atoms with van der Waals surface area (Å²) >= 11 is 0. The van der Waals surface area contributed by atoms with Crippen molar-refractivity contribution in [2.75, 3.05) is 20.7 Å². The third-order valence-corrected chi connectivity index (χ3v) is 5.76. The molecule has 0 amide bonds. The summed E-state index contributed by atoms with van der Waals surface area (Å²) in [7, 11) is -0.722. The van der Waals surface area contributed by atoms with Gasteiger partial charge in [-0.25, -0.2) is 17.9 Å². The third kappa shape index (κ3) is 3.58. The van der Waals surface area contributed by atoms with Gasteiger partial charge in [0.2, 0.25) is 10.0 Å². The summed E-state index contributed by atoms with van der Waals surface area (Å²) < 4.78 is 37.6. The number of ether oxygens (including phenoxy) is 1. The van der Waals surface area contributed by atoms with Gasteiger partial charge in [0.15, 0.2) is 0 Å². The molecular formula is C16H18N2O6S. The van der Waals surface area contributed by atoms with Crippen LogP contribution in [0, 0.1) is 0 Å². The molecular weight excluding hydrogens is 348 g/mol. The number of carbonyl (C=O) groups is 1. The second-order valence-corrected chi connectivity index (χ2v) is 7.70. The molecule has 0 saturated carbocycles. The molecule has 0 radical (unpaired) electrons. The molecule has 1 aliphatic rings. The van der Waals surface area contributed by atoms with E-state index in [4.69, 9.17) is 9.15 Å². The summed E-state index contributed by atoms with van der Waals surface area (Å²) in [6.07, 6.45) is 0.338. The van der Waals surface area contributed by atoms with Crippen LogP contribution in [0.3, 0.4) is 0 Å². The van der Waals surface area contributed by atoms with Crippen LogP contribution in [-0.2, 0) is 19.6 Å². The van der Waals surface area contributed by atoms with Crippen molar-refractivity contribution in [3.63, 3.8) is 0 Å². The Kier molecular flexibility index (Phi) is 4.63. The summed E-state index contributed by atoms with van der Waals surface area (Å²) in [6, 6.07) is 6.15. The number of hydrogen-bond donors (Lipinski definition) is 1. The highest BCUT2D eigenvalue weighted by Gasteiger charge is 2.37. The minimum atomic E-state index is -3.77. The molecule has 1 fully saturated rings. The number of sulfonamides is 1. The summed E-state index contributed by atoms with van der Waals surface area (Å²) in [5.74, 6) is -0.384. The topological polar surface area (TPSA) is 106 Å². The number of hydrogen-bond acceptors (Lipinski definition) is 7. The average Bonchev–Trinajstić information content (AvgIpc) is 2.93. The van der Waals surface area contributed by atoms with Crippen molar-refractivity contribution in [3.8, 4) is 0 Å². The highest BCUT2D eigenvalue weighted by molar-refractivity contribution is 7.89. The molecule has 1 aliphatic heterocycles. The Morgan fingerprint density at radius 1 is 1.32 bits per heavy atom. The Labute approximate surface area is 144 Å². The quantitative estimate of drug-likeness (QED) is 0.613. The minimum absolute atomic E-state index is 0.0676. The van der Waals surface area contributed by atoms with Gasteiger partial charge in [-0.3, -0.25) is 9.69 Å². The molecule has 2 atom stereocenters. The lowest BCUT2D eigenvalue weighted by atomic mass is 10.2. The predicted molar refractivity (Wildman–Crippen MR) is 89.6 cm³/mol. The molecule has 1 saturated heterocycles. The molecule has 25 heavy (non-hydrogen) atoms. The van der Waals surface area contributed by atoms with Crippen LogP contribution in [0.5, 0.6) is 0 Å². The smallest absolute Gasteiger partial charge is 0.336 e. The average molecular weight is 366 g/mol. The van der Waals surface area contributed by atoms with E-state index in [9.17, 15) is 18.0 Å². The zero-order chi connectivity index (χ0) is 18.2. The van der Waals surface area contributed by atoms with Gasteiger partial charge >= 0.3 is 11.6 Å². The van der Waals surface area contributed by atoms with Crippen molar-refractivity contribution >= 4 is 27.0 Å². The van der Waals surface area contributed by atoms with Crippen molar-refractivity contribution in [3.05, 3.63) is 40.8 Å². The van der Waals surface area contributed by atoms with Crippen molar-refractivity contribution in [1.29, 1.82) is 0 Å². The second kappa shape index (κ2) is 6.58. The summed E-state index contributed by atoms with van der Waals surface area (Å²) in [6.45, 7) is 0.404. The maximum atomic E-state index is 12.6. The fourth-order valence-corrected chi connectivity index (χ4v) is 4.28. The molecule has 134 valence electrons. The van der Waals surface area contributed by atoms with Crippen molar-refractivity contribution in [2.45, 2.75) is 23.4 Å². The molecule has 3 rings (SSSR count). The first-order valence-electron chi connectivity index (χ1n) is 7.64. The molecule has 9 heteroatoms. The molecule has 0 unspecified atom stereocenters. The van der Waals surface area contributed by atoms with Crippen molar-refractivity contribution in [1.82, 2.24) is 9.62 Å². The Hall–Kier alpha value is -2.23. The number of fused-ring (bicyclic) bond motifs is 1. The van der Waals surface area contributed by atoms with E-state index < -0.39 is 27.7 Å². The van der Waals surface area contributed by atoms with Crippen molar-refractivity contribution < 1.29 is 22.4 Å². The van der Waals surface area contributed by atoms with Crippen LogP contribution in [0.1, 0.15) is 6.42 Å². The van der Waals surface area contributed by atoms with Crippen molar-refractivity contribution in [2.24, 2.45) is 0 Å². The third-order valence-electron chi connectivity index (χ3n) is 4.24. The number of likely N-dealkylation sites (N-methyl/N-ethyl adjacent to an activating group) is 1. The molecule has 0 aliphatic carbocycles. The molecule has 8 nitrogen and oxygen atoms in total. The molecule has 1 N–H and O–H groups in total. The fraction of sp³-hybridized carbons (Fsp3) is 0.375. The zero-order valence-corrected chi connectivity index (χ0v) is 14.6. The molecule has 0 bridgehead atoms. The van der Waals surface area contributed by atoms with E-state index in [-0.39, 0.29) is 10.9 Å². The molecule has 2 heterocycles. The highest BCUT2D eigenvalue weighted by Crippen LogP contribution is 2.21. The van der Waals surface area contributed by atoms with Crippen LogP contribution in [0.15, 0.2) is 44.4 Å². The lowest BCUT2D eigenvalue weighted by Gasteiger charge is -2.15. The first-order valence-corrected chi connectivity index (χ1v) is 9.13. The normalized spacial score (nSPS) is 21.5. The predicted octanol–water partition coefficient (Wildman–Crippen LogP) is 0.317. The van der Waals surface area contributed by atoms with Gasteiger partial charge in [0.1, 0.15) is 11.6 Å². The number of methoxy groups -OCH3 is 1. The van der Waals surface area contributed by atoms with E-state index in [2.05, 4.69) is 4.72 Å². The van der Waals surface area contributed by atoms with Gasteiger partial charge in [-0.05, 0) is 37.7 Å². The first-order chi connectivity index (χ1) is 11.8. The summed E-state index contributed by atoms with van der Waals surface area (Å²) in [5.41, 5.74) is -0.179. The van der Waals surface area contributed by atoms with Crippen LogP contribution in [-0.4, -0.2) is 52.1 Å². The number of nitrogens with one attached hydrogen (secondary N) is 1. The second-order valence-electron chi connectivity index (χ2n) is 5.99. The van der Waals surface area contributed by atoms with Gasteiger partial charge in [-0.1, -0.05) is 0 Å². The summed E-state index contributed by atoms with van der Waals surface area (Å²) in [4.78, 5) is 24.7. The Bertz CT molecular complexity index is 968. The first kappa shape index (κ1) is 17.6. The van der Waals surface area contributed by atoms with E-state index in [1.54, 1.807) is 11.9 Å². The maximum Gasteiger partial charge on any atom is 0.336 e. The fourth-order valence-electron chi connectivity index (χ4n) is 3.00. The van der Waals surface area contributed by atoms with E-state index in [0.717, 1.165) is 0 Å². The molecule has 1 aromatic carbocycles. The number of benzene rings is 1. The Balaban J connectivity index is 1.82. The number of esters is 1. The molecule has 0 spiro atoms. The van der Waals surface area contributed by atoms with E-state index in [1.165, 1.54) is 37.4 Å². The SMILES string of the molecule is COC(=O)[C@@H]1C[C@H](NS(=O)(=O)c2ccc3oc(=O)ccc3c2)CN1C. The molecule has 2 aromatic rings. The standard InChI is InChI=1S/C16H18N2O6S/c1-18-9-11(8-13(18)16(20)23-2)17-25(21,22)12-4-5-14-10(7-12)3-6-15(19)24-14/h3-7,11,13,17H,8-9H2,1-2H3/t11-,13-/m0/s1. The Morgan fingerprint density at radius 3 is 2.80 bits per heavy atom. The van der Waals surface area contributed by atoms with Gasteiger partial charge in [-0.15, -0.1) is 0 Å². The van der Waals surface area contributed by atoms with Crippen LogP contribution >= 0.6 is 0 Å².